The van der Waals surface area contributed by atoms with Gasteiger partial charge in [0.2, 0.25) is 0 Å². The van der Waals surface area contributed by atoms with Crippen LogP contribution in [0.4, 0.5) is 5.00 Å². The molecule has 1 aromatic carbocycles. The first-order valence-corrected chi connectivity index (χ1v) is 11.8. The Labute approximate surface area is 192 Å². The summed E-state index contributed by atoms with van der Waals surface area (Å²) < 4.78 is 5.21. The van der Waals surface area contributed by atoms with Crippen LogP contribution in [-0.4, -0.2) is 30.6 Å². The lowest BCUT2D eigenvalue weighted by Gasteiger charge is -2.08. The van der Waals surface area contributed by atoms with E-state index >= 15 is 0 Å². The first kappa shape index (κ1) is 23.7. The average Bonchev–Trinajstić information content (AvgIpc) is 2.94. The van der Waals surface area contributed by atoms with Gasteiger partial charge in [0.25, 0.3) is 0 Å². The Morgan fingerprint density at radius 3 is 2.50 bits per heavy atom. The van der Waals surface area contributed by atoms with Crippen LogP contribution in [0.3, 0.4) is 0 Å². The van der Waals surface area contributed by atoms with Gasteiger partial charge in [-0.05, 0) is 55.2 Å². The van der Waals surface area contributed by atoms with Crippen LogP contribution < -0.4 is 10.7 Å². The lowest BCUT2D eigenvalue weighted by atomic mass is 10.0. The molecular formula is C24H29N3O4S. The Morgan fingerprint density at radius 1 is 1.09 bits per heavy atom. The number of hydrogen-bond acceptors (Lipinski definition) is 6. The van der Waals surface area contributed by atoms with Crippen LogP contribution in [0.2, 0.25) is 0 Å². The summed E-state index contributed by atoms with van der Waals surface area (Å²) in [7, 11) is 0. The molecule has 3 rings (SSSR count). The second-order valence-corrected chi connectivity index (χ2v) is 9.07. The maximum Gasteiger partial charge on any atom is 0.341 e. The summed E-state index contributed by atoms with van der Waals surface area (Å²) in [5.41, 5.74) is 5.57. The number of rotatable bonds is 6. The fraction of sp³-hybridized carbons (Fsp3) is 0.417. The zero-order valence-electron chi connectivity index (χ0n) is 18.7. The maximum atomic E-state index is 12.6. The van der Waals surface area contributed by atoms with Gasteiger partial charge in [0.1, 0.15) is 5.00 Å². The number of anilines is 1. The second-order valence-electron chi connectivity index (χ2n) is 7.96. The molecule has 1 aliphatic rings. The highest BCUT2D eigenvalue weighted by atomic mass is 32.1. The SMILES string of the molecule is CCOC(=O)c1c(NC(=O)C(=O)N/N=C/c2ccc(C(C)C)cc2)sc2c1CCCCC2. The number of benzene rings is 1. The number of carbonyl (C=O) groups is 3. The Bertz CT molecular complexity index is 1010. The number of amides is 2. The van der Waals surface area contributed by atoms with E-state index in [-0.39, 0.29) is 6.61 Å². The summed E-state index contributed by atoms with van der Waals surface area (Å²) in [6.07, 6.45) is 6.22. The molecular weight excluding hydrogens is 426 g/mol. The summed E-state index contributed by atoms with van der Waals surface area (Å²) in [5.74, 6) is -1.82. The lowest BCUT2D eigenvalue weighted by molar-refractivity contribution is -0.136. The molecule has 2 aromatic rings. The molecule has 0 fully saturated rings. The molecule has 1 heterocycles. The molecule has 170 valence electrons. The van der Waals surface area contributed by atoms with Crippen molar-refractivity contribution in [1.29, 1.82) is 0 Å². The Kier molecular flexibility index (Phi) is 8.16. The molecule has 7 nitrogen and oxygen atoms in total. The molecule has 0 radical (unpaired) electrons. The van der Waals surface area contributed by atoms with Crippen LogP contribution >= 0.6 is 11.3 Å². The van der Waals surface area contributed by atoms with Crippen molar-refractivity contribution in [2.45, 2.75) is 58.8 Å². The Balaban J connectivity index is 1.68. The molecule has 0 aliphatic heterocycles. The smallest absolute Gasteiger partial charge is 0.341 e. The van der Waals surface area contributed by atoms with Crippen LogP contribution in [0, 0.1) is 0 Å². The summed E-state index contributed by atoms with van der Waals surface area (Å²) in [5, 5.41) is 6.82. The molecule has 2 amide bonds. The summed E-state index contributed by atoms with van der Waals surface area (Å²) in [6.45, 7) is 6.20. The maximum absolute atomic E-state index is 12.6. The standard InChI is InChI=1S/C24H29N3O4S/c1-4-31-24(30)20-18-8-6-5-7-9-19(18)32-23(20)26-21(28)22(29)27-25-14-16-10-12-17(13-11-16)15(2)3/h10-15H,4-9H2,1-3H3,(H,26,28)(H,27,29)/b25-14+. The van der Waals surface area contributed by atoms with Gasteiger partial charge in [-0.25, -0.2) is 10.2 Å². The molecule has 1 aromatic heterocycles. The van der Waals surface area contributed by atoms with E-state index in [0.29, 0.717) is 16.5 Å². The van der Waals surface area contributed by atoms with Gasteiger partial charge in [-0.15, -0.1) is 11.3 Å². The molecule has 8 heteroatoms. The summed E-state index contributed by atoms with van der Waals surface area (Å²) >= 11 is 1.35. The fourth-order valence-electron chi connectivity index (χ4n) is 3.59. The highest BCUT2D eigenvalue weighted by molar-refractivity contribution is 7.17. The summed E-state index contributed by atoms with van der Waals surface area (Å²) in [6, 6.07) is 7.79. The number of hydrazone groups is 1. The van der Waals surface area contributed by atoms with Crippen molar-refractivity contribution >= 4 is 40.3 Å². The van der Waals surface area contributed by atoms with Crippen molar-refractivity contribution in [2.75, 3.05) is 11.9 Å². The Morgan fingerprint density at radius 2 is 1.81 bits per heavy atom. The zero-order chi connectivity index (χ0) is 23.1. The zero-order valence-corrected chi connectivity index (χ0v) is 19.5. The minimum absolute atomic E-state index is 0.240. The predicted molar refractivity (Wildman–Crippen MR) is 126 cm³/mol. The van der Waals surface area contributed by atoms with Crippen molar-refractivity contribution in [3.05, 3.63) is 51.4 Å². The van der Waals surface area contributed by atoms with Crippen LogP contribution in [0.25, 0.3) is 0 Å². The molecule has 2 N–H and O–H groups in total. The van der Waals surface area contributed by atoms with E-state index in [1.165, 1.54) is 23.1 Å². The molecule has 32 heavy (non-hydrogen) atoms. The minimum Gasteiger partial charge on any atom is -0.462 e. The molecule has 0 spiro atoms. The van der Waals surface area contributed by atoms with E-state index in [0.717, 1.165) is 48.1 Å². The van der Waals surface area contributed by atoms with E-state index in [1.807, 2.05) is 24.3 Å². The van der Waals surface area contributed by atoms with Gasteiger partial charge in [0.15, 0.2) is 0 Å². The summed E-state index contributed by atoms with van der Waals surface area (Å²) in [4.78, 5) is 38.3. The molecule has 0 bridgehead atoms. The molecule has 0 atom stereocenters. The third-order valence-corrected chi connectivity index (χ3v) is 6.52. The third-order valence-electron chi connectivity index (χ3n) is 5.32. The van der Waals surface area contributed by atoms with E-state index < -0.39 is 17.8 Å². The number of thiophene rings is 1. The normalized spacial score (nSPS) is 13.5. The predicted octanol–water partition coefficient (Wildman–Crippen LogP) is 4.41. The monoisotopic (exact) mass is 455 g/mol. The number of fused-ring (bicyclic) bond motifs is 1. The number of carbonyl (C=O) groups excluding carboxylic acids is 3. The molecule has 0 saturated heterocycles. The number of esters is 1. The quantitative estimate of drug-likeness (QED) is 0.222. The Hall–Kier alpha value is -3.00. The van der Waals surface area contributed by atoms with Crippen molar-refractivity contribution in [1.82, 2.24) is 5.43 Å². The minimum atomic E-state index is -0.904. The lowest BCUT2D eigenvalue weighted by Crippen LogP contribution is -2.32. The van der Waals surface area contributed by atoms with Crippen molar-refractivity contribution in [2.24, 2.45) is 5.10 Å². The molecule has 0 saturated carbocycles. The van der Waals surface area contributed by atoms with E-state index in [1.54, 1.807) is 6.92 Å². The van der Waals surface area contributed by atoms with Gasteiger partial charge in [0, 0.05) is 4.88 Å². The van der Waals surface area contributed by atoms with Gasteiger partial charge in [-0.1, -0.05) is 44.5 Å². The van der Waals surface area contributed by atoms with E-state index in [9.17, 15) is 14.4 Å². The molecule has 0 unspecified atom stereocenters. The number of ether oxygens (including phenoxy) is 1. The first-order chi connectivity index (χ1) is 15.4. The topological polar surface area (TPSA) is 96.9 Å². The fourth-order valence-corrected chi connectivity index (χ4v) is 4.87. The van der Waals surface area contributed by atoms with Crippen molar-refractivity contribution < 1.29 is 19.1 Å². The van der Waals surface area contributed by atoms with Gasteiger partial charge < -0.3 is 10.1 Å². The van der Waals surface area contributed by atoms with Gasteiger partial charge in [0.05, 0.1) is 18.4 Å². The number of nitrogens with zero attached hydrogens (tertiary/aromatic N) is 1. The third kappa shape index (κ3) is 5.82. The molecule has 1 aliphatic carbocycles. The van der Waals surface area contributed by atoms with Crippen LogP contribution in [0.15, 0.2) is 29.4 Å². The highest BCUT2D eigenvalue weighted by Crippen LogP contribution is 2.38. The van der Waals surface area contributed by atoms with Crippen molar-refractivity contribution in [3.8, 4) is 0 Å². The van der Waals surface area contributed by atoms with Gasteiger partial charge >= 0.3 is 17.8 Å². The number of nitrogens with one attached hydrogen (secondary N) is 2. The van der Waals surface area contributed by atoms with Crippen molar-refractivity contribution in [3.63, 3.8) is 0 Å². The van der Waals surface area contributed by atoms with Crippen LogP contribution in [-0.2, 0) is 27.2 Å². The van der Waals surface area contributed by atoms with Crippen LogP contribution in [0.5, 0.6) is 0 Å². The van der Waals surface area contributed by atoms with E-state index in [4.69, 9.17) is 4.74 Å². The largest absolute Gasteiger partial charge is 0.462 e. The number of hydrogen-bond donors (Lipinski definition) is 2. The highest BCUT2D eigenvalue weighted by Gasteiger charge is 2.27. The van der Waals surface area contributed by atoms with Crippen LogP contribution in [0.1, 0.15) is 77.9 Å². The average molecular weight is 456 g/mol. The second kappa shape index (κ2) is 11.0. The van der Waals surface area contributed by atoms with E-state index in [2.05, 4.69) is 29.7 Å². The van der Waals surface area contributed by atoms with Gasteiger partial charge in [-0.2, -0.15) is 5.10 Å². The van der Waals surface area contributed by atoms with Gasteiger partial charge in [-0.3, -0.25) is 9.59 Å². The first-order valence-electron chi connectivity index (χ1n) is 11.0. The number of aryl methyl sites for hydroxylation is 1.